The highest BCUT2D eigenvalue weighted by Gasteiger charge is 2.18. The molecule has 0 saturated heterocycles. The average Bonchev–Trinajstić information content (AvgIpc) is 3.05. The minimum atomic E-state index is -0.309. The monoisotopic (exact) mass is 300 g/mol. The first-order valence-corrected chi connectivity index (χ1v) is 7.74. The number of aryl methyl sites for hydroxylation is 3. The molecule has 2 amide bonds. The van der Waals surface area contributed by atoms with E-state index in [2.05, 4.69) is 10.9 Å². The van der Waals surface area contributed by atoms with Gasteiger partial charge >= 0.3 is 0 Å². The van der Waals surface area contributed by atoms with Crippen LogP contribution in [0.5, 0.6) is 0 Å². The Hall–Kier alpha value is -2.14. The third kappa shape index (κ3) is 2.97. The van der Waals surface area contributed by atoms with Crippen molar-refractivity contribution in [1.29, 1.82) is 0 Å². The zero-order valence-electron chi connectivity index (χ0n) is 11.7. The standard InChI is InChI=1S/C16H16N2O2S/c1-10-4-2-6-12(8-10)15(19)17-18-16(20)14-9-11-5-3-7-13(11)21-14/h2,4,6,8-9H,3,5,7H2,1H3,(H,17,19)(H,18,20). The van der Waals surface area contributed by atoms with Crippen molar-refractivity contribution in [3.05, 3.63) is 56.8 Å². The fraction of sp³-hybridized carbons (Fsp3) is 0.250. The lowest BCUT2D eigenvalue weighted by Gasteiger charge is -2.06. The van der Waals surface area contributed by atoms with Crippen LogP contribution in [0.15, 0.2) is 30.3 Å². The van der Waals surface area contributed by atoms with Gasteiger partial charge in [0.1, 0.15) is 0 Å². The molecule has 5 heteroatoms. The minimum absolute atomic E-state index is 0.254. The van der Waals surface area contributed by atoms with Gasteiger partial charge in [-0.1, -0.05) is 17.7 Å². The van der Waals surface area contributed by atoms with Crippen LogP contribution in [0.25, 0.3) is 0 Å². The van der Waals surface area contributed by atoms with Gasteiger partial charge in [-0.15, -0.1) is 11.3 Å². The molecule has 21 heavy (non-hydrogen) atoms. The Morgan fingerprint density at radius 3 is 2.67 bits per heavy atom. The third-order valence-corrected chi connectivity index (χ3v) is 4.78. The van der Waals surface area contributed by atoms with Gasteiger partial charge in [0.2, 0.25) is 0 Å². The van der Waals surface area contributed by atoms with E-state index < -0.39 is 0 Å². The lowest BCUT2D eigenvalue weighted by Crippen LogP contribution is -2.41. The second-order valence-corrected chi connectivity index (χ2v) is 6.33. The molecule has 0 bridgehead atoms. The summed E-state index contributed by atoms with van der Waals surface area (Å²) in [5.41, 5.74) is 7.74. The third-order valence-electron chi connectivity index (χ3n) is 3.54. The van der Waals surface area contributed by atoms with E-state index in [-0.39, 0.29) is 11.8 Å². The number of hydrogen-bond donors (Lipinski definition) is 2. The van der Waals surface area contributed by atoms with Gasteiger partial charge in [0.25, 0.3) is 11.8 Å². The van der Waals surface area contributed by atoms with Gasteiger partial charge in [0.15, 0.2) is 0 Å². The largest absolute Gasteiger partial charge is 0.279 e. The molecule has 0 fully saturated rings. The van der Waals surface area contributed by atoms with Crippen LogP contribution in [0.4, 0.5) is 0 Å². The van der Waals surface area contributed by atoms with Gasteiger partial charge in [-0.3, -0.25) is 20.4 Å². The Bertz CT molecular complexity index is 685. The summed E-state index contributed by atoms with van der Waals surface area (Å²) in [4.78, 5) is 25.9. The smallest absolute Gasteiger partial charge is 0.267 e. The van der Waals surface area contributed by atoms with E-state index in [0.29, 0.717) is 10.4 Å². The van der Waals surface area contributed by atoms with E-state index >= 15 is 0 Å². The molecule has 1 heterocycles. The summed E-state index contributed by atoms with van der Waals surface area (Å²) < 4.78 is 0. The van der Waals surface area contributed by atoms with Gasteiger partial charge < -0.3 is 0 Å². The van der Waals surface area contributed by atoms with Gasteiger partial charge in [-0.2, -0.15) is 0 Å². The lowest BCUT2D eigenvalue weighted by molar-refractivity contribution is 0.0849. The van der Waals surface area contributed by atoms with Crippen molar-refractivity contribution < 1.29 is 9.59 Å². The SMILES string of the molecule is Cc1cccc(C(=O)NNC(=O)c2cc3c(s2)CCC3)c1. The van der Waals surface area contributed by atoms with Crippen LogP contribution in [0, 0.1) is 6.92 Å². The molecule has 0 spiro atoms. The van der Waals surface area contributed by atoms with E-state index in [1.807, 2.05) is 25.1 Å². The number of nitrogens with one attached hydrogen (secondary N) is 2. The maximum Gasteiger partial charge on any atom is 0.279 e. The van der Waals surface area contributed by atoms with E-state index in [9.17, 15) is 9.59 Å². The Morgan fingerprint density at radius 1 is 1.10 bits per heavy atom. The first-order valence-electron chi connectivity index (χ1n) is 6.92. The fourth-order valence-corrected chi connectivity index (χ4v) is 3.62. The average molecular weight is 300 g/mol. The summed E-state index contributed by atoms with van der Waals surface area (Å²) in [5.74, 6) is -0.563. The Kier molecular flexibility index (Phi) is 3.75. The summed E-state index contributed by atoms with van der Waals surface area (Å²) in [5, 5.41) is 0. The number of thiophene rings is 1. The van der Waals surface area contributed by atoms with Crippen LogP contribution in [0.3, 0.4) is 0 Å². The highest BCUT2D eigenvalue weighted by molar-refractivity contribution is 7.14. The van der Waals surface area contributed by atoms with Crippen molar-refractivity contribution in [3.63, 3.8) is 0 Å². The molecular formula is C16H16N2O2S. The summed E-state index contributed by atoms with van der Waals surface area (Å²) >= 11 is 1.52. The fourth-order valence-electron chi connectivity index (χ4n) is 2.47. The molecule has 3 rings (SSSR count). The molecule has 1 aromatic carbocycles. The lowest BCUT2D eigenvalue weighted by atomic mass is 10.1. The molecular weight excluding hydrogens is 284 g/mol. The highest BCUT2D eigenvalue weighted by atomic mass is 32.1. The first kappa shape index (κ1) is 13.8. The quantitative estimate of drug-likeness (QED) is 0.838. The second-order valence-electron chi connectivity index (χ2n) is 5.19. The summed E-state index contributed by atoms with van der Waals surface area (Å²) in [7, 11) is 0. The molecule has 0 radical (unpaired) electrons. The molecule has 2 aromatic rings. The van der Waals surface area contributed by atoms with E-state index in [1.54, 1.807) is 12.1 Å². The molecule has 2 N–H and O–H groups in total. The minimum Gasteiger partial charge on any atom is -0.267 e. The molecule has 1 aromatic heterocycles. The van der Waals surface area contributed by atoms with Crippen LogP contribution >= 0.6 is 11.3 Å². The van der Waals surface area contributed by atoms with E-state index in [1.165, 1.54) is 28.2 Å². The molecule has 1 aliphatic rings. The maximum absolute atomic E-state index is 12.0. The number of fused-ring (bicyclic) bond motifs is 1. The number of hydrazine groups is 1. The van der Waals surface area contributed by atoms with E-state index in [0.717, 1.165) is 18.4 Å². The molecule has 4 nitrogen and oxygen atoms in total. The predicted molar refractivity (Wildman–Crippen MR) is 82.5 cm³/mol. The topological polar surface area (TPSA) is 58.2 Å². The zero-order chi connectivity index (χ0) is 14.8. The van der Waals surface area contributed by atoms with Crippen LogP contribution < -0.4 is 10.9 Å². The van der Waals surface area contributed by atoms with Crippen molar-refractivity contribution in [2.75, 3.05) is 0 Å². The van der Waals surface area contributed by atoms with E-state index in [4.69, 9.17) is 0 Å². The summed E-state index contributed by atoms with van der Waals surface area (Å²) in [6.45, 7) is 1.92. The number of carbonyl (C=O) groups excluding carboxylic acids is 2. The van der Waals surface area contributed by atoms with Crippen molar-refractivity contribution in [3.8, 4) is 0 Å². The molecule has 0 saturated carbocycles. The molecule has 0 aliphatic heterocycles. The number of hydrogen-bond acceptors (Lipinski definition) is 3. The number of carbonyl (C=O) groups is 2. The maximum atomic E-state index is 12.0. The molecule has 1 aliphatic carbocycles. The van der Waals surface area contributed by atoms with Crippen LogP contribution in [-0.4, -0.2) is 11.8 Å². The molecule has 108 valence electrons. The summed E-state index contributed by atoms with van der Waals surface area (Å²) in [6, 6.07) is 9.16. The first-order chi connectivity index (χ1) is 10.1. The normalized spacial score (nSPS) is 12.8. The summed E-state index contributed by atoms with van der Waals surface area (Å²) in [6.07, 6.45) is 3.28. The van der Waals surface area contributed by atoms with Gasteiger partial charge in [-0.05, 0) is 49.9 Å². The van der Waals surface area contributed by atoms with Crippen molar-refractivity contribution in [2.24, 2.45) is 0 Å². The van der Waals surface area contributed by atoms with Crippen molar-refractivity contribution >= 4 is 23.2 Å². The number of benzene rings is 1. The van der Waals surface area contributed by atoms with Gasteiger partial charge in [-0.25, -0.2) is 0 Å². The highest BCUT2D eigenvalue weighted by Crippen LogP contribution is 2.30. The Balaban J connectivity index is 1.61. The second kappa shape index (κ2) is 5.69. The Labute approximate surface area is 127 Å². The van der Waals surface area contributed by atoms with Crippen LogP contribution in [-0.2, 0) is 12.8 Å². The van der Waals surface area contributed by atoms with Gasteiger partial charge in [0, 0.05) is 10.4 Å². The predicted octanol–water partition coefficient (Wildman–Crippen LogP) is 2.62. The Morgan fingerprint density at radius 2 is 1.90 bits per heavy atom. The number of rotatable bonds is 2. The zero-order valence-corrected chi connectivity index (χ0v) is 12.5. The van der Waals surface area contributed by atoms with Crippen molar-refractivity contribution in [2.45, 2.75) is 26.2 Å². The number of amides is 2. The molecule has 0 atom stereocenters. The van der Waals surface area contributed by atoms with Gasteiger partial charge in [0.05, 0.1) is 4.88 Å². The van der Waals surface area contributed by atoms with Crippen LogP contribution in [0.2, 0.25) is 0 Å². The molecule has 0 unspecified atom stereocenters. The van der Waals surface area contributed by atoms with Crippen LogP contribution in [0.1, 0.15) is 42.5 Å². The van der Waals surface area contributed by atoms with Crippen molar-refractivity contribution in [1.82, 2.24) is 10.9 Å².